The number of carbonyl (C=O) groups excluding carboxylic acids is 5. The number of aliphatic hydroxyl groups is 1. The number of amides is 4. The Balaban J connectivity index is 1.34. The first-order chi connectivity index (χ1) is 13.9. The van der Waals surface area contributed by atoms with Crippen LogP contribution in [0.1, 0.15) is 54.3 Å². The van der Waals surface area contributed by atoms with E-state index in [2.05, 4.69) is 5.32 Å². The quantitative estimate of drug-likeness (QED) is 0.585. The molecule has 29 heavy (non-hydrogen) atoms. The van der Waals surface area contributed by atoms with Crippen molar-refractivity contribution in [3.63, 3.8) is 0 Å². The first-order valence-electron chi connectivity index (χ1n) is 9.29. The van der Waals surface area contributed by atoms with Crippen LogP contribution < -0.4 is 5.32 Å². The van der Waals surface area contributed by atoms with Crippen LogP contribution in [-0.2, 0) is 24.0 Å². The van der Waals surface area contributed by atoms with Gasteiger partial charge in [0.25, 0.3) is 17.7 Å². The Labute approximate surface area is 166 Å². The monoisotopic (exact) mass is 403 g/mol. The second-order valence-corrected chi connectivity index (χ2v) is 6.71. The van der Waals surface area contributed by atoms with Gasteiger partial charge in [-0.1, -0.05) is 18.2 Å². The fourth-order valence-corrected chi connectivity index (χ4v) is 3.18. The Morgan fingerprint density at radius 3 is 2.48 bits per heavy atom. The number of hydrogen-bond acceptors (Lipinski definition) is 7. The average Bonchev–Trinajstić information content (AvgIpc) is 3.14. The summed E-state index contributed by atoms with van der Waals surface area (Å²) < 4.78 is 0. The van der Waals surface area contributed by atoms with Crippen molar-refractivity contribution in [1.29, 1.82) is 0 Å². The number of aliphatic hydroxyl groups excluding tert-OH is 1. The highest BCUT2D eigenvalue weighted by atomic mass is 16.7. The molecule has 2 aliphatic rings. The third kappa shape index (κ3) is 4.60. The highest BCUT2D eigenvalue weighted by Gasteiger charge is 2.35. The van der Waals surface area contributed by atoms with Gasteiger partial charge in [-0.3, -0.25) is 19.2 Å². The summed E-state index contributed by atoms with van der Waals surface area (Å²) in [6.45, 7) is 0.290. The van der Waals surface area contributed by atoms with Crippen molar-refractivity contribution in [3.05, 3.63) is 35.4 Å². The van der Waals surface area contributed by atoms with E-state index < -0.39 is 24.0 Å². The summed E-state index contributed by atoms with van der Waals surface area (Å²) in [5.41, 5.74) is 0.983. The fraction of sp³-hybridized carbons (Fsp3) is 0.421. The molecule has 0 spiro atoms. The maximum absolute atomic E-state index is 12.3. The molecule has 3 rings (SSSR count). The third-order valence-electron chi connectivity index (χ3n) is 4.68. The minimum atomic E-state index is -1.04. The molecular weight excluding hydrogens is 382 g/mol. The van der Waals surface area contributed by atoms with Crippen LogP contribution in [0, 0.1) is 0 Å². The highest BCUT2D eigenvalue weighted by molar-refractivity contribution is 6.01. The highest BCUT2D eigenvalue weighted by Crippen LogP contribution is 2.30. The van der Waals surface area contributed by atoms with Crippen molar-refractivity contribution >= 4 is 29.6 Å². The second kappa shape index (κ2) is 8.82. The Kier molecular flexibility index (Phi) is 6.23. The van der Waals surface area contributed by atoms with Gasteiger partial charge < -0.3 is 20.2 Å². The lowest BCUT2D eigenvalue weighted by molar-refractivity contribution is -0.197. The molecule has 1 aromatic carbocycles. The number of nitrogens with one attached hydrogen (secondary N) is 1. The molecule has 2 aliphatic heterocycles. The largest absolute Gasteiger partial charge is 0.369 e. The zero-order valence-electron chi connectivity index (χ0n) is 15.6. The van der Waals surface area contributed by atoms with Gasteiger partial charge in [0.1, 0.15) is 0 Å². The van der Waals surface area contributed by atoms with E-state index in [1.54, 1.807) is 24.3 Å². The molecule has 1 aromatic rings. The van der Waals surface area contributed by atoms with E-state index in [1.165, 1.54) is 4.90 Å². The number of imide groups is 1. The van der Waals surface area contributed by atoms with Crippen LogP contribution in [0.2, 0.25) is 0 Å². The minimum Gasteiger partial charge on any atom is -0.369 e. The molecule has 1 unspecified atom stereocenters. The summed E-state index contributed by atoms with van der Waals surface area (Å²) in [5, 5.41) is 13.3. The normalized spacial score (nSPS) is 18.2. The number of nitrogens with zero attached hydrogens (tertiary/aromatic N) is 2. The summed E-state index contributed by atoms with van der Waals surface area (Å²) >= 11 is 0. The van der Waals surface area contributed by atoms with E-state index in [9.17, 15) is 29.1 Å². The summed E-state index contributed by atoms with van der Waals surface area (Å²) in [7, 11) is 0. The van der Waals surface area contributed by atoms with Crippen LogP contribution in [0.15, 0.2) is 24.3 Å². The van der Waals surface area contributed by atoms with E-state index in [0.29, 0.717) is 16.2 Å². The molecule has 10 heteroatoms. The van der Waals surface area contributed by atoms with Gasteiger partial charge in [-0.25, -0.2) is 4.79 Å². The Bertz CT molecular complexity index is 838. The van der Waals surface area contributed by atoms with Crippen LogP contribution in [0.25, 0.3) is 0 Å². The second-order valence-electron chi connectivity index (χ2n) is 6.71. The van der Waals surface area contributed by atoms with E-state index in [4.69, 9.17) is 4.84 Å². The summed E-state index contributed by atoms with van der Waals surface area (Å²) in [6.07, 6.45) is -0.905. The van der Waals surface area contributed by atoms with E-state index >= 15 is 0 Å². The zero-order valence-corrected chi connectivity index (χ0v) is 15.6. The Morgan fingerprint density at radius 1 is 1.10 bits per heavy atom. The lowest BCUT2D eigenvalue weighted by atomic mass is 10.1. The maximum atomic E-state index is 12.3. The lowest BCUT2D eigenvalue weighted by Gasteiger charge is -2.20. The van der Waals surface area contributed by atoms with Crippen molar-refractivity contribution in [1.82, 2.24) is 15.3 Å². The van der Waals surface area contributed by atoms with E-state index in [-0.39, 0.29) is 57.0 Å². The predicted octanol–water partition coefficient (Wildman–Crippen LogP) is 0.0270. The average molecular weight is 403 g/mol. The van der Waals surface area contributed by atoms with Crippen LogP contribution >= 0.6 is 0 Å². The van der Waals surface area contributed by atoms with Crippen molar-refractivity contribution in [2.24, 2.45) is 0 Å². The topological polar surface area (TPSA) is 133 Å². The van der Waals surface area contributed by atoms with Gasteiger partial charge in [-0.2, -0.15) is 0 Å². The molecular formula is C19H21N3O7. The van der Waals surface area contributed by atoms with Crippen LogP contribution in [0.5, 0.6) is 0 Å². The molecule has 0 saturated carbocycles. The van der Waals surface area contributed by atoms with Gasteiger partial charge in [-0.15, -0.1) is 5.06 Å². The van der Waals surface area contributed by atoms with Crippen LogP contribution in [-0.4, -0.2) is 57.8 Å². The summed E-state index contributed by atoms with van der Waals surface area (Å²) in [4.78, 5) is 64.5. The number of fused-ring (bicyclic) bond motifs is 1. The number of rotatable bonds is 8. The summed E-state index contributed by atoms with van der Waals surface area (Å²) in [5.74, 6) is -2.49. The molecule has 0 aromatic heterocycles. The SMILES string of the molecule is O=C(CCCC(=O)ON1C(=O)CCC1=O)NCCN1C(=O)c2ccccc2C1O. The van der Waals surface area contributed by atoms with Gasteiger partial charge in [0.05, 0.1) is 0 Å². The first-order valence-corrected chi connectivity index (χ1v) is 9.29. The van der Waals surface area contributed by atoms with E-state index in [1.807, 2.05) is 0 Å². The van der Waals surface area contributed by atoms with Gasteiger partial charge in [0.15, 0.2) is 6.23 Å². The number of benzene rings is 1. The molecule has 4 amide bonds. The standard InChI is InChI=1S/C19H21N3O7/c23-14(6-3-7-17(26)29-22-15(24)8-9-16(22)25)20-10-11-21-18(27)12-4-1-2-5-13(12)19(21)28/h1-2,4-5,18,27H,3,6-11H2,(H,20,23). The molecule has 0 radical (unpaired) electrons. The minimum absolute atomic E-state index is 0.0216. The molecule has 1 saturated heterocycles. The third-order valence-corrected chi connectivity index (χ3v) is 4.68. The molecule has 1 fully saturated rings. The number of hydrogen-bond donors (Lipinski definition) is 2. The van der Waals surface area contributed by atoms with Crippen molar-refractivity contribution in [3.8, 4) is 0 Å². The summed E-state index contributed by atoms with van der Waals surface area (Å²) in [6, 6.07) is 6.77. The van der Waals surface area contributed by atoms with Crippen molar-refractivity contribution in [2.75, 3.05) is 13.1 Å². The first kappa shape index (κ1) is 20.5. The van der Waals surface area contributed by atoms with Gasteiger partial charge in [0.2, 0.25) is 5.91 Å². The van der Waals surface area contributed by atoms with Crippen molar-refractivity contribution < 1.29 is 33.9 Å². The van der Waals surface area contributed by atoms with Gasteiger partial charge in [0, 0.05) is 49.9 Å². The predicted molar refractivity (Wildman–Crippen MR) is 96.5 cm³/mol. The van der Waals surface area contributed by atoms with E-state index in [0.717, 1.165) is 0 Å². The molecule has 10 nitrogen and oxygen atoms in total. The molecule has 0 aliphatic carbocycles. The molecule has 2 N–H and O–H groups in total. The fourth-order valence-electron chi connectivity index (χ4n) is 3.18. The lowest BCUT2D eigenvalue weighted by Crippen LogP contribution is -2.37. The van der Waals surface area contributed by atoms with Crippen LogP contribution in [0.4, 0.5) is 0 Å². The number of carbonyl (C=O) groups is 5. The van der Waals surface area contributed by atoms with Gasteiger partial charge >= 0.3 is 5.97 Å². The smallest absolute Gasteiger partial charge is 0.333 e. The Hall–Kier alpha value is -3.27. The number of hydroxylamine groups is 2. The molecule has 154 valence electrons. The molecule has 1 atom stereocenters. The van der Waals surface area contributed by atoms with Gasteiger partial charge in [-0.05, 0) is 12.5 Å². The van der Waals surface area contributed by atoms with Crippen LogP contribution in [0.3, 0.4) is 0 Å². The molecule has 0 bridgehead atoms. The maximum Gasteiger partial charge on any atom is 0.333 e. The van der Waals surface area contributed by atoms with Crippen molar-refractivity contribution in [2.45, 2.75) is 38.3 Å². The Morgan fingerprint density at radius 2 is 1.79 bits per heavy atom. The zero-order chi connectivity index (χ0) is 21.0. The molecule has 2 heterocycles.